The highest BCUT2D eigenvalue weighted by atomic mass is 35.5. The van der Waals surface area contributed by atoms with E-state index in [9.17, 15) is 24.3 Å². The minimum atomic E-state index is -0.893. The molecule has 0 saturated heterocycles. The molecule has 2 atom stereocenters. The lowest BCUT2D eigenvalue weighted by molar-refractivity contribution is -0.120. The second kappa shape index (κ2) is 24.9. The number of benzene rings is 4. The highest BCUT2D eigenvalue weighted by molar-refractivity contribution is 6.42. The molecular weight excluding hydrogens is 814 g/mol. The van der Waals surface area contributed by atoms with E-state index >= 15 is 0 Å². The summed E-state index contributed by atoms with van der Waals surface area (Å²) in [5.74, 6) is -0.191. The third-order valence-corrected chi connectivity index (χ3v) is 9.48. The molecule has 12 nitrogen and oxygen atoms in total. The van der Waals surface area contributed by atoms with Crippen molar-refractivity contribution >= 4 is 81.7 Å². The van der Waals surface area contributed by atoms with Crippen molar-refractivity contribution in [2.24, 2.45) is 0 Å². The molecule has 0 aromatic heterocycles. The number of amides is 6. The van der Waals surface area contributed by atoms with Crippen LogP contribution in [0.4, 0.5) is 21.0 Å². The number of hydrogen-bond acceptors (Lipinski definition) is 6. The number of anilines is 2. The first-order chi connectivity index (χ1) is 26.1. The molecule has 2 unspecified atom stereocenters. The van der Waals surface area contributed by atoms with Gasteiger partial charge in [0.2, 0.25) is 11.8 Å². The average Bonchev–Trinajstić information content (AvgIpc) is 3.15. The predicted molar refractivity (Wildman–Crippen MR) is 232 cm³/mol. The quantitative estimate of drug-likeness (QED) is 0.0903. The molecule has 0 heterocycles. The van der Waals surface area contributed by atoms with Gasteiger partial charge >= 0.3 is 12.1 Å². The van der Waals surface area contributed by atoms with Crippen LogP contribution >= 0.6 is 46.4 Å². The van der Waals surface area contributed by atoms with Crippen molar-refractivity contribution in [1.82, 2.24) is 20.4 Å². The molecule has 0 bridgehead atoms. The van der Waals surface area contributed by atoms with E-state index in [0.29, 0.717) is 56.7 Å². The first kappa shape index (κ1) is 50.5. The summed E-state index contributed by atoms with van der Waals surface area (Å²) >= 11 is 23.9. The fourth-order valence-electron chi connectivity index (χ4n) is 4.83. The summed E-state index contributed by atoms with van der Waals surface area (Å²) < 4.78 is 5.51. The molecule has 4 rings (SSSR count). The lowest BCUT2D eigenvalue weighted by Crippen LogP contribution is -2.35. The smallest absolute Gasteiger partial charge is 0.321 e. The van der Waals surface area contributed by atoms with Gasteiger partial charge in [-0.15, -0.1) is 0 Å². The molecule has 0 spiro atoms. The Morgan fingerprint density at radius 3 is 1.39 bits per heavy atom. The van der Waals surface area contributed by atoms with Gasteiger partial charge in [0.15, 0.2) is 0 Å². The maximum absolute atomic E-state index is 12.5. The number of ether oxygens (including phenoxy) is 1. The average molecular weight is 867 g/mol. The number of urea groups is 2. The molecule has 0 saturated carbocycles. The number of aliphatic hydroxyl groups excluding tert-OH is 1. The summed E-state index contributed by atoms with van der Waals surface area (Å²) in [4.78, 5) is 49.6. The number of halogens is 4. The largest absolute Gasteiger partial charge is 0.387 e. The molecule has 310 valence electrons. The van der Waals surface area contributed by atoms with Crippen molar-refractivity contribution in [3.8, 4) is 0 Å². The van der Waals surface area contributed by atoms with Crippen molar-refractivity contribution in [3.63, 3.8) is 0 Å². The topological polar surface area (TPSA) is 152 Å². The van der Waals surface area contributed by atoms with Gasteiger partial charge in [0.25, 0.3) is 0 Å². The van der Waals surface area contributed by atoms with E-state index < -0.39 is 6.10 Å². The molecule has 0 radical (unpaired) electrons. The molecule has 0 fully saturated rings. The van der Waals surface area contributed by atoms with E-state index in [4.69, 9.17) is 51.1 Å². The zero-order chi connectivity index (χ0) is 40.7. The summed E-state index contributed by atoms with van der Waals surface area (Å²) in [6.07, 6.45) is -1.24. The Labute approximate surface area is 355 Å². The van der Waals surface area contributed by atoms with Gasteiger partial charge in [-0.2, -0.15) is 0 Å². The van der Waals surface area contributed by atoms with Gasteiger partial charge in [0.1, 0.15) is 0 Å². The maximum Gasteiger partial charge on any atom is 0.321 e. The fourth-order valence-corrected chi connectivity index (χ4v) is 5.44. The van der Waals surface area contributed by atoms with Crippen LogP contribution < -0.4 is 21.3 Å². The molecule has 0 aliphatic heterocycles. The normalized spacial score (nSPS) is 11.2. The fraction of sp³-hybridized carbons (Fsp3) is 0.317. The Kier molecular flexibility index (Phi) is 22.1. The van der Waals surface area contributed by atoms with Crippen molar-refractivity contribution < 1.29 is 29.0 Å². The van der Waals surface area contributed by atoms with Crippen LogP contribution in [0, 0.1) is 0 Å². The predicted octanol–water partition coefficient (Wildman–Crippen LogP) is 9.58. The van der Waals surface area contributed by atoms with Crippen LogP contribution in [0.3, 0.4) is 0 Å². The number of aliphatic hydroxyl groups is 1. The number of nitrogens with zero attached hydrogens (tertiary/aromatic N) is 2. The van der Waals surface area contributed by atoms with Crippen LogP contribution in [0.5, 0.6) is 0 Å². The molecule has 6 amide bonds. The lowest BCUT2D eigenvalue weighted by Gasteiger charge is -2.24. The molecule has 16 heteroatoms. The Bertz CT molecular complexity index is 1920. The van der Waals surface area contributed by atoms with E-state index in [1.807, 2.05) is 30.3 Å². The Morgan fingerprint density at radius 1 is 0.614 bits per heavy atom. The minimum Gasteiger partial charge on any atom is -0.387 e. The number of likely N-dealkylation sites (N-methyl/N-ethyl adjacent to an activating group) is 2. The second-order valence-electron chi connectivity index (χ2n) is 12.4. The summed E-state index contributed by atoms with van der Waals surface area (Å²) in [6.45, 7) is 4.22. The van der Waals surface area contributed by atoms with Crippen molar-refractivity contribution in [2.45, 2.75) is 54.0 Å². The molecule has 4 aromatic carbocycles. The molecule has 0 aliphatic carbocycles. The zero-order valence-corrected chi connectivity index (χ0v) is 34.0. The van der Waals surface area contributed by atoms with Crippen molar-refractivity contribution in [1.29, 1.82) is 0 Å². The minimum absolute atomic E-state index is 0. The highest BCUT2D eigenvalue weighted by Gasteiger charge is 2.19. The van der Waals surface area contributed by atoms with E-state index in [1.54, 1.807) is 75.8 Å². The summed E-state index contributed by atoms with van der Waals surface area (Å²) in [5, 5.41) is 23.0. The molecule has 0 aliphatic rings. The first-order valence-electron chi connectivity index (χ1n) is 16.9. The van der Waals surface area contributed by atoms with Crippen LogP contribution in [0.1, 0.15) is 63.2 Å². The third-order valence-electron chi connectivity index (χ3n) is 8.00. The molecular formula is C41H52Cl4N6O6. The summed E-state index contributed by atoms with van der Waals surface area (Å²) in [6, 6.07) is 23.9. The molecule has 57 heavy (non-hydrogen) atoms. The number of carbonyl (C=O) groups is 4. The van der Waals surface area contributed by atoms with Gasteiger partial charge in [-0.3, -0.25) is 9.59 Å². The van der Waals surface area contributed by atoms with Crippen LogP contribution in [0.15, 0.2) is 84.9 Å². The third kappa shape index (κ3) is 17.2. The Hall–Kier alpha value is -4.56. The molecule has 5 N–H and O–H groups in total. The second-order valence-corrected chi connectivity index (χ2v) is 14.1. The number of nitrogens with one attached hydrogen (secondary N) is 4. The van der Waals surface area contributed by atoms with Crippen LogP contribution in [-0.2, 0) is 27.4 Å². The maximum atomic E-state index is 12.5. The standard InChI is InChI=1S/C20H23Cl2N3O3.C19H21Cl2N3O3.2CH4/c1-13(26)23-11-14-4-7-16(8-5-14)24-20(27)25(2)12-19(28-3)15-6-9-17(21)18(22)10-15;1-12(25)22-10-13-3-6-15(7-4-13)23-19(27)24(2)11-18(26)14-5-8-16(20)17(21)9-14;;/h4-10,19H,11-12H2,1-3H3,(H,23,26)(H,24,27);3-9,18,26H,10-11H2,1-2H3,(H,22,25)(H,23,27);2*1H4. The van der Waals surface area contributed by atoms with E-state index in [-0.39, 0.29) is 51.4 Å². The van der Waals surface area contributed by atoms with Gasteiger partial charge in [0, 0.05) is 59.5 Å². The van der Waals surface area contributed by atoms with E-state index in [2.05, 4.69) is 21.3 Å². The van der Waals surface area contributed by atoms with Crippen LogP contribution in [0.2, 0.25) is 20.1 Å². The number of hydrogen-bond donors (Lipinski definition) is 5. The van der Waals surface area contributed by atoms with Gasteiger partial charge in [-0.1, -0.05) is 97.7 Å². The zero-order valence-electron chi connectivity index (χ0n) is 31.0. The highest BCUT2D eigenvalue weighted by Crippen LogP contribution is 2.28. The first-order valence-corrected chi connectivity index (χ1v) is 18.4. The number of rotatable bonds is 13. The van der Waals surface area contributed by atoms with Gasteiger partial charge in [-0.25, -0.2) is 9.59 Å². The SMILES string of the molecule is C.C.CC(=O)NCc1ccc(NC(=O)N(C)CC(O)c2ccc(Cl)c(Cl)c2)cc1.COC(CN(C)C(=O)Nc1ccc(CNC(C)=O)cc1)c1ccc(Cl)c(Cl)c1. The van der Waals surface area contributed by atoms with Gasteiger partial charge in [-0.05, 0) is 70.8 Å². The lowest BCUT2D eigenvalue weighted by atomic mass is 10.1. The van der Waals surface area contributed by atoms with Gasteiger partial charge in [0.05, 0.1) is 45.4 Å². The van der Waals surface area contributed by atoms with Crippen molar-refractivity contribution in [2.75, 3.05) is 44.9 Å². The van der Waals surface area contributed by atoms with Gasteiger partial charge < -0.3 is 40.9 Å². The van der Waals surface area contributed by atoms with E-state index in [1.165, 1.54) is 23.6 Å². The Balaban J connectivity index is 0.000000551. The van der Waals surface area contributed by atoms with Crippen LogP contribution in [-0.4, -0.2) is 73.1 Å². The monoisotopic (exact) mass is 864 g/mol. The number of carbonyl (C=O) groups excluding carboxylic acids is 4. The Morgan fingerprint density at radius 2 is 1.00 bits per heavy atom. The summed E-state index contributed by atoms with van der Waals surface area (Å²) in [5.41, 5.74) is 4.55. The summed E-state index contributed by atoms with van der Waals surface area (Å²) in [7, 11) is 4.85. The molecule has 4 aromatic rings. The van der Waals surface area contributed by atoms with Crippen molar-refractivity contribution in [3.05, 3.63) is 127 Å². The van der Waals surface area contributed by atoms with E-state index in [0.717, 1.165) is 16.7 Å². The number of methoxy groups -OCH3 is 1. The van der Waals surface area contributed by atoms with Crippen LogP contribution in [0.25, 0.3) is 0 Å².